The Labute approximate surface area is 102 Å². The SMILES string of the molecule is Cc1cc(C(=O)O)cc(N2CCS(=O)CC2)n1. The summed E-state index contributed by atoms with van der Waals surface area (Å²) in [4.78, 5) is 17.3. The predicted molar refractivity (Wildman–Crippen MR) is 66.0 cm³/mol. The highest BCUT2D eigenvalue weighted by molar-refractivity contribution is 7.85. The molecule has 1 N–H and O–H groups in total. The molecule has 0 saturated carbocycles. The Balaban J connectivity index is 2.26. The number of aromatic nitrogens is 1. The summed E-state index contributed by atoms with van der Waals surface area (Å²) in [6.45, 7) is 3.11. The average Bonchev–Trinajstić information content (AvgIpc) is 2.29. The molecule has 0 aromatic carbocycles. The van der Waals surface area contributed by atoms with E-state index >= 15 is 0 Å². The summed E-state index contributed by atoms with van der Waals surface area (Å²) in [5, 5.41) is 8.98. The Morgan fingerprint density at radius 3 is 2.65 bits per heavy atom. The van der Waals surface area contributed by atoms with Crippen molar-refractivity contribution in [3.63, 3.8) is 0 Å². The molecule has 0 amide bonds. The van der Waals surface area contributed by atoms with Crippen LogP contribution in [0.25, 0.3) is 0 Å². The lowest BCUT2D eigenvalue weighted by atomic mass is 10.2. The third-order valence-corrected chi connectivity index (χ3v) is 3.96. The molecular weight excluding hydrogens is 240 g/mol. The second kappa shape index (κ2) is 4.83. The number of hydrogen-bond acceptors (Lipinski definition) is 4. The molecule has 0 unspecified atom stereocenters. The topological polar surface area (TPSA) is 70.5 Å². The van der Waals surface area contributed by atoms with E-state index in [1.807, 2.05) is 4.90 Å². The molecule has 0 spiro atoms. The third kappa shape index (κ3) is 2.82. The van der Waals surface area contributed by atoms with Gasteiger partial charge in [-0.1, -0.05) is 0 Å². The molecule has 5 nitrogen and oxygen atoms in total. The molecule has 1 aliphatic heterocycles. The van der Waals surface area contributed by atoms with Gasteiger partial charge in [0.15, 0.2) is 0 Å². The molecule has 1 aromatic heterocycles. The fourth-order valence-corrected chi connectivity index (χ4v) is 2.86. The summed E-state index contributed by atoms with van der Waals surface area (Å²) in [5.41, 5.74) is 0.936. The molecule has 0 radical (unpaired) electrons. The first-order valence-corrected chi connectivity index (χ1v) is 6.87. The van der Waals surface area contributed by atoms with Gasteiger partial charge in [0, 0.05) is 41.1 Å². The highest BCUT2D eigenvalue weighted by Gasteiger charge is 2.18. The maximum Gasteiger partial charge on any atom is 0.335 e. The minimum atomic E-state index is -0.947. The van der Waals surface area contributed by atoms with Crippen LogP contribution in [0.15, 0.2) is 12.1 Å². The Bertz CT molecular complexity index is 466. The molecular formula is C11H14N2O3S. The lowest BCUT2D eigenvalue weighted by Crippen LogP contribution is -2.38. The highest BCUT2D eigenvalue weighted by Crippen LogP contribution is 2.16. The number of rotatable bonds is 2. The lowest BCUT2D eigenvalue weighted by Gasteiger charge is -2.27. The van der Waals surface area contributed by atoms with Gasteiger partial charge in [0.25, 0.3) is 0 Å². The van der Waals surface area contributed by atoms with E-state index in [0.29, 0.717) is 36.1 Å². The van der Waals surface area contributed by atoms with Crippen LogP contribution in [-0.4, -0.2) is 44.9 Å². The standard InChI is InChI=1S/C11H14N2O3S/c1-8-6-9(11(14)15)7-10(12-8)13-2-4-17(16)5-3-13/h6-7H,2-5H2,1H3,(H,14,15). The van der Waals surface area contributed by atoms with Crippen LogP contribution < -0.4 is 4.90 Å². The van der Waals surface area contributed by atoms with E-state index in [0.717, 1.165) is 0 Å². The van der Waals surface area contributed by atoms with Gasteiger partial charge in [-0.25, -0.2) is 9.78 Å². The predicted octanol–water partition coefficient (Wildman–Crippen LogP) is 0.657. The van der Waals surface area contributed by atoms with Gasteiger partial charge in [0.05, 0.1) is 5.56 Å². The molecule has 2 heterocycles. The van der Waals surface area contributed by atoms with Crippen LogP contribution in [0.2, 0.25) is 0 Å². The zero-order chi connectivity index (χ0) is 12.4. The number of anilines is 1. The molecule has 0 atom stereocenters. The van der Waals surface area contributed by atoms with Crippen molar-refractivity contribution >= 4 is 22.6 Å². The van der Waals surface area contributed by atoms with Gasteiger partial charge in [0.1, 0.15) is 5.82 Å². The fraction of sp³-hybridized carbons (Fsp3) is 0.455. The van der Waals surface area contributed by atoms with E-state index in [4.69, 9.17) is 5.11 Å². The third-order valence-electron chi connectivity index (χ3n) is 2.69. The Morgan fingerprint density at radius 2 is 2.06 bits per heavy atom. The summed E-state index contributed by atoms with van der Waals surface area (Å²) >= 11 is 0. The molecule has 0 aliphatic carbocycles. The number of aryl methyl sites for hydroxylation is 1. The molecule has 17 heavy (non-hydrogen) atoms. The van der Waals surface area contributed by atoms with E-state index in [9.17, 15) is 9.00 Å². The summed E-state index contributed by atoms with van der Waals surface area (Å²) in [5.74, 6) is 0.965. The van der Waals surface area contributed by atoms with Crippen LogP contribution >= 0.6 is 0 Å². The molecule has 1 saturated heterocycles. The minimum absolute atomic E-state index is 0.249. The van der Waals surface area contributed by atoms with E-state index in [1.165, 1.54) is 0 Å². The van der Waals surface area contributed by atoms with Crippen LogP contribution in [0.1, 0.15) is 16.1 Å². The summed E-state index contributed by atoms with van der Waals surface area (Å²) in [6.07, 6.45) is 0. The second-order valence-electron chi connectivity index (χ2n) is 4.00. The highest BCUT2D eigenvalue weighted by atomic mass is 32.2. The maximum absolute atomic E-state index is 11.3. The number of carboxylic acid groups (broad SMARTS) is 1. The quantitative estimate of drug-likeness (QED) is 0.839. The number of pyridine rings is 1. The van der Waals surface area contributed by atoms with E-state index in [-0.39, 0.29) is 5.56 Å². The van der Waals surface area contributed by atoms with Crippen LogP contribution in [0, 0.1) is 6.92 Å². The maximum atomic E-state index is 11.3. The first-order valence-electron chi connectivity index (χ1n) is 5.38. The second-order valence-corrected chi connectivity index (χ2v) is 5.69. The average molecular weight is 254 g/mol. The molecule has 1 fully saturated rings. The van der Waals surface area contributed by atoms with Gasteiger partial charge >= 0.3 is 5.97 Å². The molecule has 6 heteroatoms. The monoisotopic (exact) mass is 254 g/mol. The van der Waals surface area contributed by atoms with Gasteiger partial charge < -0.3 is 10.0 Å². The van der Waals surface area contributed by atoms with Crippen molar-refractivity contribution < 1.29 is 14.1 Å². The molecule has 1 aromatic rings. The summed E-state index contributed by atoms with van der Waals surface area (Å²) in [6, 6.07) is 3.12. The number of nitrogens with zero attached hydrogens (tertiary/aromatic N) is 2. The zero-order valence-electron chi connectivity index (χ0n) is 9.55. The van der Waals surface area contributed by atoms with E-state index in [1.54, 1.807) is 19.1 Å². The molecule has 1 aliphatic rings. The van der Waals surface area contributed by atoms with Crippen LogP contribution in [0.4, 0.5) is 5.82 Å². The van der Waals surface area contributed by atoms with Crippen molar-refractivity contribution in [1.29, 1.82) is 0 Å². The molecule has 92 valence electrons. The number of aromatic carboxylic acids is 1. The first kappa shape index (κ1) is 12.0. The van der Waals surface area contributed by atoms with Crippen molar-refractivity contribution in [2.75, 3.05) is 29.5 Å². The lowest BCUT2D eigenvalue weighted by molar-refractivity contribution is 0.0696. The van der Waals surface area contributed by atoms with Crippen molar-refractivity contribution in [2.45, 2.75) is 6.92 Å². The summed E-state index contributed by atoms with van der Waals surface area (Å²) < 4.78 is 11.3. The Kier molecular flexibility index (Phi) is 3.42. The van der Waals surface area contributed by atoms with Gasteiger partial charge in [-0.05, 0) is 19.1 Å². The minimum Gasteiger partial charge on any atom is -0.478 e. The van der Waals surface area contributed by atoms with Crippen LogP contribution in [-0.2, 0) is 10.8 Å². The van der Waals surface area contributed by atoms with Crippen molar-refractivity contribution in [1.82, 2.24) is 4.98 Å². The largest absolute Gasteiger partial charge is 0.478 e. The summed E-state index contributed by atoms with van der Waals surface area (Å²) in [7, 11) is -0.740. The normalized spacial score (nSPS) is 17.1. The number of carboxylic acids is 1. The van der Waals surface area contributed by atoms with Gasteiger partial charge in [-0.15, -0.1) is 0 Å². The Morgan fingerprint density at radius 1 is 1.41 bits per heavy atom. The Hall–Kier alpha value is -1.43. The van der Waals surface area contributed by atoms with E-state index < -0.39 is 16.8 Å². The number of carbonyl (C=O) groups is 1. The fourth-order valence-electron chi connectivity index (χ4n) is 1.80. The van der Waals surface area contributed by atoms with Gasteiger partial charge in [-0.3, -0.25) is 4.21 Å². The van der Waals surface area contributed by atoms with Crippen LogP contribution in [0.3, 0.4) is 0 Å². The van der Waals surface area contributed by atoms with Crippen molar-refractivity contribution in [3.05, 3.63) is 23.4 Å². The van der Waals surface area contributed by atoms with Gasteiger partial charge in [0.2, 0.25) is 0 Å². The van der Waals surface area contributed by atoms with Crippen molar-refractivity contribution in [2.24, 2.45) is 0 Å². The molecule has 2 rings (SSSR count). The van der Waals surface area contributed by atoms with Crippen molar-refractivity contribution in [3.8, 4) is 0 Å². The van der Waals surface area contributed by atoms with Crippen LogP contribution in [0.5, 0.6) is 0 Å². The first-order chi connectivity index (χ1) is 8.06. The zero-order valence-corrected chi connectivity index (χ0v) is 10.4. The van der Waals surface area contributed by atoms with Gasteiger partial charge in [-0.2, -0.15) is 0 Å². The molecule has 0 bridgehead atoms. The smallest absolute Gasteiger partial charge is 0.335 e. The van der Waals surface area contributed by atoms with E-state index in [2.05, 4.69) is 4.98 Å². The number of hydrogen-bond donors (Lipinski definition) is 1.